The molecule has 0 heterocycles. The smallest absolute Gasteiger partial charge is 0.224 e. The predicted octanol–water partition coefficient (Wildman–Crippen LogP) is 2.09. The summed E-state index contributed by atoms with van der Waals surface area (Å²) in [6.45, 7) is 5.34. The molecule has 0 amide bonds. The summed E-state index contributed by atoms with van der Waals surface area (Å²) in [6, 6.07) is 2.74. The second-order valence-electron chi connectivity index (χ2n) is 5.24. The highest BCUT2D eigenvalue weighted by molar-refractivity contribution is 7.91. The van der Waals surface area contributed by atoms with Gasteiger partial charge in [-0.05, 0) is 38.0 Å². The zero-order chi connectivity index (χ0) is 16.5. The average Bonchev–Trinajstić information content (AvgIpc) is 2.37. The predicted molar refractivity (Wildman–Crippen MR) is 78.8 cm³/mol. The minimum absolute atomic E-state index is 0.237. The molecular weight excluding hydrogens is 317 g/mol. The van der Waals surface area contributed by atoms with Crippen LogP contribution in [0.4, 0.5) is 4.39 Å². The van der Waals surface area contributed by atoms with E-state index in [0.717, 1.165) is 24.5 Å². The molecule has 21 heavy (non-hydrogen) atoms. The molecule has 0 aliphatic heterocycles. The molecule has 0 aliphatic carbocycles. The number of sulfonamides is 1. The first-order chi connectivity index (χ1) is 9.45. The molecule has 1 aromatic rings. The average molecular weight is 337 g/mol. The topological polar surface area (TPSA) is 80.3 Å². The van der Waals surface area contributed by atoms with Gasteiger partial charge < -0.3 is 0 Å². The Hall–Kier alpha value is -0.990. The van der Waals surface area contributed by atoms with Crippen LogP contribution in [0.3, 0.4) is 0 Å². The van der Waals surface area contributed by atoms with Crippen LogP contribution in [0.1, 0.15) is 33.6 Å². The molecule has 0 saturated heterocycles. The zero-order valence-electron chi connectivity index (χ0n) is 12.5. The normalized spacial score (nSPS) is 13.4. The second kappa shape index (κ2) is 6.02. The summed E-state index contributed by atoms with van der Waals surface area (Å²) in [5.74, 6) is -0.982. The lowest BCUT2D eigenvalue weighted by atomic mass is 9.98. The van der Waals surface area contributed by atoms with Gasteiger partial charge >= 0.3 is 0 Å². The van der Waals surface area contributed by atoms with Gasteiger partial charge in [0.25, 0.3) is 0 Å². The van der Waals surface area contributed by atoms with Crippen molar-refractivity contribution < 1.29 is 21.2 Å². The molecule has 1 N–H and O–H groups in total. The first kappa shape index (κ1) is 18.1. The van der Waals surface area contributed by atoms with Gasteiger partial charge in [0.1, 0.15) is 10.7 Å². The van der Waals surface area contributed by atoms with Crippen molar-refractivity contribution in [2.24, 2.45) is 0 Å². The molecule has 0 bridgehead atoms. The number of sulfone groups is 1. The molecule has 0 unspecified atom stereocenters. The van der Waals surface area contributed by atoms with Crippen molar-refractivity contribution in [3.8, 4) is 0 Å². The van der Waals surface area contributed by atoms with Crippen molar-refractivity contribution >= 4 is 19.9 Å². The number of halogens is 1. The summed E-state index contributed by atoms with van der Waals surface area (Å²) in [7, 11) is -7.76. The van der Waals surface area contributed by atoms with E-state index in [4.69, 9.17) is 0 Å². The first-order valence-electron chi connectivity index (χ1n) is 6.49. The van der Waals surface area contributed by atoms with Crippen LogP contribution >= 0.6 is 0 Å². The third kappa shape index (κ3) is 4.24. The molecule has 0 saturated carbocycles. The lowest BCUT2D eigenvalue weighted by Gasteiger charge is -2.27. The highest BCUT2D eigenvalue weighted by atomic mass is 32.2. The van der Waals surface area contributed by atoms with Crippen molar-refractivity contribution in [1.29, 1.82) is 0 Å². The van der Waals surface area contributed by atoms with Gasteiger partial charge in [0, 0.05) is 11.8 Å². The van der Waals surface area contributed by atoms with Crippen LogP contribution in [0.5, 0.6) is 0 Å². The zero-order valence-corrected chi connectivity index (χ0v) is 14.1. The molecule has 5 nitrogen and oxygen atoms in total. The highest BCUT2D eigenvalue weighted by Crippen LogP contribution is 2.23. The van der Waals surface area contributed by atoms with E-state index in [2.05, 4.69) is 4.72 Å². The molecule has 0 atom stereocenters. The Morgan fingerprint density at radius 3 is 2.10 bits per heavy atom. The first-order valence-corrected chi connectivity index (χ1v) is 9.86. The van der Waals surface area contributed by atoms with Crippen molar-refractivity contribution in [3.05, 3.63) is 24.0 Å². The molecule has 1 aromatic carbocycles. The van der Waals surface area contributed by atoms with Gasteiger partial charge in [0.15, 0.2) is 9.84 Å². The van der Waals surface area contributed by atoms with Crippen LogP contribution in [-0.4, -0.2) is 28.6 Å². The third-order valence-electron chi connectivity index (χ3n) is 3.56. The van der Waals surface area contributed by atoms with Gasteiger partial charge in [0.2, 0.25) is 10.0 Å². The van der Waals surface area contributed by atoms with Gasteiger partial charge in [-0.2, -0.15) is 0 Å². The van der Waals surface area contributed by atoms with E-state index in [1.807, 2.05) is 13.8 Å². The summed E-state index contributed by atoms with van der Waals surface area (Å²) in [4.78, 5) is -0.891. The number of hydrogen-bond donors (Lipinski definition) is 1. The Labute approximate surface area is 125 Å². The Morgan fingerprint density at radius 2 is 1.67 bits per heavy atom. The lowest BCUT2D eigenvalue weighted by molar-refractivity contribution is 0.387. The van der Waals surface area contributed by atoms with Crippen LogP contribution in [0.25, 0.3) is 0 Å². The molecule has 1 rings (SSSR count). The Morgan fingerprint density at radius 1 is 1.14 bits per heavy atom. The van der Waals surface area contributed by atoms with E-state index in [-0.39, 0.29) is 4.90 Å². The molecule has 0 spiro atoms. The maximum absolute atomic E-state index is 13.8. The number of rotatable bonds is 6. The molecule has 0 aromatic heterocycles. The van der Waals surface area contributed by atoms with Crippen LogP contribution < -0.4 is 4.72 Å². The minimum atomic E-state index is -4.15. The third-order valence-corrected chi connectivity index (χ3v) is 6.33. The molecule has 0 aliphatic rings. The van der Waals surface area contributed by atoms with Gasteiger partial charge in [-0.25, -0.2) is 25.9 Å². The van der Waals surface area contributed by atoms with E-state index in [1.54, 1.807) is 6.92 Å². The van der Waals surface area contributed by atoms with Gasteiger partial charge in [0.05, 0.1) is 4.90 Å². The van der Waals surface area contributed by atoms with Crippen LogP contribution in [0, 0.1) is 5.82 Å². The summed E-state index contributed by atoms with van der Waals surface area (Å²) in [6.07, 6.45) is 1.98. The van der Waals surface area contributed by atoms with Crippen LogP contribution in [0.2, 0.25) is 0 Å². The standard InChI is InChI=1S/C13H20FNO4S2/c1-5-13(3,6-2)15-21(18,19)12-9-10(20(4,16)17)7-8-11(12)14/h7-9,15H,5-6H2,1-4H3. The van der Waals surface area contributed by atoms with Crippen LogP contribution in [0.15, 0.2) is 28.0 Å². The molecule has 0 fully saturated rings. The summed E-state index contributed by atoms with van der Waals surface area (Å²) in [5, 5.41) is 0. The van der Waals surface area contributed by atoms with Gasteiger partial charge in [-0.15, -0.1) is 0 Å². The van der Waals surface area contributed by atoms with E-state index >= 15 is 0 Å². The highest BCUT2D eigenvalue weighted by Gasteiger charge is 2.30. The Balaban J connectivity index is 3.39. The summed E-state index contributed by atoms with van der Waals surface area (Å²) >= 11 is 0. The molecule has 8 heteroatoms. The maximum atomic E-state index is 13.8. The second-order valence-corrected chi connectivity index (χ2v) is 8.90. The van der Waals surface area contributed by atoms with Crippen molar-refractivity contribution in [2.75, 3.05) is 6.26 Å². The number of benzene rings is 1. The minimum Gasteiger partial charge on any atom is -0.224 e. The fraction of sp³-hybridized carbons (Fsp3) is 0.538. The van der Waals surface area contributed by atoms with Crippen molar-refractivity contribution in [3.63, 3.8) is 0 Å². The molecule has 120 valence electrons. The van der Waals surface area contributed by atoms with E-state index < -0.39 is 36.1 Å². The lowest BCUT2D eigenvalue weighted by Crippen LogP contribution is -2.45. The van der Waals surface area contributed by atoms with E-state index in [9.17, 15) is 21.2 Å². The van der Waals surface area contributed by atoms with Crippen molar-refractivity contribution in [1.82, 2.24) is 4.72 Å². The molecular formula is C13H20FNO4S2. The quantitative estimate of drug-likeness (QED) is 0.806. The van der Waals surface area contributed by atoms with Gasteiger partial charge in [-0.1, -0.05) is 13.8 Å². The summed E-state index contributed by atoms with van der Waals surface area (Å²) in [5.41, 5.74) is -0.716. The monoisotopic (exact) mass is 337 g/mol. The number of hydrogen-bond acceptors (Lipinski definition) is 4. The Kier molecular flexibility index (Phi) is 5.18. The van der Waals surface area contributed by atoms with E-state index in [1.165, 1.54) is 0 Å². The molecule has 0 radical (unpaired) electrons. The van der Waals surface area contributed by atoms with E-state index in [0.29, 0.717) is 12.8 Å². The fourth-order valence-electron chi connectivity index (χ4n) is 1.69. The van der Waals surface area contributed by atoms with Gasteiger partial charge in [-0.3, -0.25) is 0 Å². The SMILES string of the molecule is CCC(C)(CC)NS(=O)(=O)c1cc(S(C)(=O)=O)ccc1F. The Bertz CT molecular complexity index is 723. The fourth-order valence-corrected chi connectivity index (χ4v) is 4.07. The number of nitrogens with one attached hydrogen (secondary N) is 1. The summed E-state index contributed by atoms with van der Waals surface area (Å²) < 4.78 is 63.9. The largest absolute Gasteiger partial charge is 0.244 e. The maximum Gasteiger partial charge on any atom is 0.244 e. The van der Waals surface area contributed by atoms with Crippen LogP contribution in [-0.2, 0) is 19.9 Å². The van der Waals surface area contributed by atoms with Crippen molar-refractivity contribution in [2.45, 2.75) is 48.9 Å².